The topological polar surface area (TPSA) is 113 Å². The molecule has 0 radical (unpaired) electrons. The summed E-state index contributed by atoms with van der Waals surface area (Å²) in [6, 6.07) is 18.5. The first-order valence-corrected chi connectivity index (χ1v) is 11.9. The number of benzene rings is 3. The minimum Gasteiger partial charge on any atom is -0.507 e. The van der Waals surface area contributed by atoms with Gasteiger partial charge in [0.2, 0.25) is 0 Å². The molecule has 1 aliphatic heterocycles. The zero-order chi connectivity index (χ0) is 26.7. The molecule has 1 fully saturated rings. The lowest BCUT2D eigenvalue weighted by atomic mass is 9.95. The number of hydrogen-bond donors (Lipinski definition) is 1. The van der Waals surface area contributed by atoms with Crippen molar-refractivity contribution < 1.29 is 24.4 Å². The molecule has 9 nitrogen and oxygen atoms in total. The number of non-ortho nitro benzene ring substituents is 1. The number of nitro benzene ring substituents is 1. The quantitative estimate of drug-likeness (QED) is 0.151. The van der Waals surface area contributed by atoms with Crippen LogP contribution in [-0.4, -0.2) is 41.9 Å². The molecule has 1 aliphatic rings. The van der Waals surface area contributed by atoms with Gasteiger partial charge in [-0.15, -0.1) is 0 Å². The van der Waals surface area contributed by atoms with E-state index in [0.29, 0.717) is 17.0 Å². The van der Waals surface area contributed by atoms with Crippen LogP contribution in [0.4, 0.5) is 17.1 Å². The van der Waals surface area contributed by atoms with Crippen molar-refractivity contribution in [3.05, 3.63) is 99.6 Å². The highest BCUT2D eigenvalue weighted by Crippen LogP contribution is 2.43. The molecule has 1 saturated heterocycles. The average molecular weight is 502 g/mol. The van der Waals surface area contributed by atoms with Gasteiger partial charge >= 0.3 is 0 Å². The van der Waals surface area contributed by atoms with Crippen molar-refractivity contribution in [3.8, 4) is 5.75 Å². The number of aliphatic hydroxyl groups is 1. The molecule has 1 amide bonds. The van der Waals surface area contributed by atoms with E-state index in [9.17, 15) is 24.8 Å². The predicted molar refractivity (Wildman–Crippen MR) is 141 cm³/mol. The zero-order valence-electron chi connectivity index (χ0n) is 20.7. The Hall–Kier alpha value is -4.66. The minimum atomic E-state index is -0.916. The highest BCUT2D eigenvalue weighted by Gasteiger charge is 2.47. The lowest BCUT2D eigenvalue weighted by Crippen LogP contribution is -2.29. The van der Waals surface area contributed by atoms with Gasteiger partial charge in [0.25, 0.3) is 17.4 Å². The van der Waals surface area contributed by atoms with Crippen molar-refractivity contribution in [2.75, 3.05) is 30.0 Å². The van der Waals surface area contributed by atoms with E-state index in [2.05, 4.69) is 18.7 Å². The Morgan fingerprint density at radius 3 is 2.08 bits per heavy atom. The molecule has 0 aliphatic carbocycles. The molecular weight excluding hydrogens is 474 g/mol. The number of ketones is 1. The summed E-state index contributed by atoms with van der Waals surface area (Å²) in [7, 11) is 1.53. The van der Waals surface area contributed by atoms with Crippen LogP contribution in [0.1, 0.15) is 31.0 Å². The first-order chi connectivity index (χ1) is 17.8. The number of nitrogens with zero attached hydrogens (tertiary/aromatic N) is 3. The van der Waals surface area contributed by atoms with Gasteiger partial charge in [0, 0.05) is 42.2 Å². The van der Waals surface area contributed by atoms with Gasteiger partial charge < -0.3 is 14.7 Å². The summed E-state index contributed by atoms with van der Waals surface area (Å²) in [5.74, 6) is -1.43. The Morgan fingerprint density at radius 1 is 0.973 bits per heavy atom. The molecule has 3 aromatic carbocycles. The lowest BCUT2D eigenvalue weighted by Gasteiger charge is -2.27. The fourth-order valence-corrected chi connectivity index (χ4v) is 4.51. The third-order valence-electron chi connectivity index (χ3n) is 6.48. The number of methoxy groups -OCH3 is 1. The van der Waals surface area contributed by atoms with Gasteiger partial charge in [-0.25, -0.2) is 0 Å². The molecule has 0 bridgehead atoms. The van der Waals surface area contributed by atoms with Gasteiger partial charge in [0.1, 0.15) is 11.5 Å². The predicted octanol–water partition coefficient (Wildman–Crippen LogP) is 5.08. The second-order valence-electron chi connectivity index (χ2n) is 8.43. The first-order valence-electron chi connectivity index (χ1n) is 11.9. The summed E-state index contributed by atoms with van der Waals surface area (Å²) in [6.45, 7) is 5.75. The Balaban J connectivity index is 1.85. The molecule has 1 unspecified atom stereocenters. The standard InChI is InChI=1S/C28H27N3O6/c1-4-29(5-2)20-12-14-21(15-13-20)30-25(18-8-16-23(37-3)17-9-18)24(27(33)28(30)34)26(32)19-6-10-22(11-7-19)31(35)36/h6-17,25,32H,4-5H2,1-3H3/b26-24-. The second kappa shape index (κ2) is 10.5. The third kappa shape index (κ3) is 4.75. The van der Waals surface area contributed by atoms with E-state index in [1.54, 1.807) is 36.4 Å². The molecule has 0 saturated carbocycles. The van der Waals surface area contributed by atoms with Crippen molar-refractivity contribution in [2.24, 2.45) is 0 Å². The second-order valence-corrected chi connectivity index (χ2v) is 8.43. The number of anilines is 2. The first kappa shape index (κ1) is 25.4. The maximum Gasteiger partial charge on any atom is 0.300 e. The maximum absolute atomic E-state index is 13.3. The van der Waals surface area contributed by atoms with Crippen molar-refractivity contribution in [3.63, 3.8) is 0 Å². The van der Waals surface area contributed by atoms with Crippen LogP contribution in [0.15, 0.2) is 78.4 Å². The highest BCUT2D eigenvalue weighted by atomic mass is 16.6. The van der Waals surface area contributed by atoms with Crippen LogP contribution < -0.4 is 14.5 Å². The molecule has 0 spiro atoms. The normalized spacial score (nSPS) is 16.6. The number of amides is 1. The number of hydrogen-bond acceptors (Lipinski definition) is 7. The van der Waals surface area contributed by atoms with E-state index >= 15 is 0 Å². The van der Waals surface area contributed by atoms with Gasteiger partial charge in [-0.05, 0) is 67.9 Å². The highest BCUT2D eigenvalue weighted by molar-refractivity contribution is 6.51. The zero-order valence-corrected chi connectivity index (χ0v) is 20.7. The summed E-state index contributed by atoms with van der Waals surface area (Å²) >= 11 is 0. The van der Waals surface area contributed by atoms with Crippen LogP contribution in [-0.2, 0) is 9.59 Å². The van der Waals surface area contributed by atoms with E-state index < -0.39 is 28.4 Å². The van der Waals surface area contributed by atoms with E-state index in [0.717, 1.165) is 18.8 Å². The monoisotopic (exact) mass is 501 g/mol. The molecular formula is C28H27N3O6. The van der Waals surface area contributed by atoms with Gasteiger partial charge in [-0.2, -0.15) is 0 Å². The van der Waals surface area contributed by atoms with E-state index in [1.807, 2.05) is 12.1 Å². The van der Waals surface area contributed by atoms with Crippen LogP contribution in [0.25, 0.3) is 5.76 Å². The smallest absolute Gasteiger partial charge is 0.300 e. The third-order valence-corrected chi connectivity index (χ3v) is 6.48. The number of aliphatic hydroxyl groups excluding tert-OH is 1. The van der Waals surface area contributed by atoms with Crippen LogP contribution in [0, 0.1) is 10.1 Å². The van der Waals surface area contributed by atoms with E-state index in [4.69, 9.17) is 4.74 Å². The average Bonchev–Trinajstić information content (AvgIpc) is 3.19. The lowest BCUT2D eigenvalue weighted by molar-refractivity contribution is -0.384. The summed E-state index contributed by atoms with van der Waals surface area (Å²) in [6.07, 6.45) is 0. The fraction of sp³-hybridized carbons (Fsp3) is 0.214. The summed E-state index contributed by atoms with van der Waals surface area (Å²) < 4.78 is 5.25. The molecule has 3 aromatic rings. The molecule has 4 rings (SSSR count). The van der Waals surface area contributed by atoms with Crippen molar-refractivity contribution >= 4 is 34.5 Å². The Morgan fingerprint density at radius 2 is 1.57 bits per heavy atom. The summed E-state index contributed by atoms with van der Waals surface area (Å²) in [5.41, 5.74) is 2.02. The fourth-order valence-electron chi connectivity index (χ4n) is 4.51. The van der Waals surface area contributed by atoms with Crippen LogP contribution in [0.2, 0.25) is 0 Å². The van der Waals surface area contributed by atoms with E-state index in [-0.39, 0.29) is 16.8 Å². The molecule has 9 heteroatoms. The number of carbonyl (C=O) groups excluding carboxylic acids is 2. The SMILES string of the molecule is CCN(CC)c1ccc(N2C(=O)C(=O)/C(=C(\O)c3ccc([N+](=O)[O-])cc3)C2c2ccc(OC)cc2)cc1. The number of rotatable bonds is 8. The molecule has 1 heterocycles. The summed E-state index contributed by atoms with van der Waals surface area (Å²) in [4.78, 5) is 40.7. The molecule has 0 aromatic heterocycles. The number of carbonyl (C=O) groups is 2. The Kier molecular flexibility index (Phi) is 7.24. The number of ether oxygens (including phenoxy) is 1. The van der Waals surface area contributed by atoms with Gasteiger partial charge in [0.05, 0.1) is 23.6 Å². The van der Waals surface area contributed by atoms with Crippen LogP contribution >= 0.6 is 0 Å². The molecule has 37 heavy (non-hydrogen) atoms. The van der Waals surface area contributed by atoms with E-state index in [1.165, 1.54) is 36.3 Å². The van der Waals surface area contributed by atoms with Crippen molar-refractivity contribution in [1.82, 2.24) is 0 Å². The van der Waals surface area contributed by atoms with Crippen LogP contribution in [0.3, 0.4) is 0 Å². The number of Topliss-reactive ketones (excluding diaryl/α,β-unsaturated/α-hetero) is 1. The number of nitro groups is 1. The van der Waals surface area contributed by atoms with Gasteiger partial charge in [-0.1, -0.05) is 12.1 Å². The largest absolute Gasteiger partial charge is 0.507 e. The molecule has 190 valence electrons. The minimum absolute atomic E-state index is 0.100. The van der Waals surface area contributed by atoms with Gasteiger partial charge in [0.15, 0.2) is 0 Å². The molecule has 1 atom stereocenters. The summed E-state index contributed by atoms with van der Waals surface area (Å²) in [5, 5.41) is 22.2. The van der Waals surface area contributed by atoms with Crippen molar-refractivity contribution in [1.29, 1.82) is 0 Å². The van der Waals surface area contributed by atoms with Crippen molar-refractivity contribution in [2.45, 2.75) is 19.9 Å². The Bertz CT molecular complexity index is 1340. The molecule has 1 N–H and O–H groups in total. The Labute approximate surface area is 214 Å². The van der Waals surface area contributed by atoms with Crippen LogP contribution in [0.5, 0.6) is 5.75 Å². The maximum atomic E-state index is 13.3. The van der Waals surface area contributed by atoms with Gasteiger partial charge in [-0.3, -0.25) is 24.6 Å².